The summed E-state index contributed by atoms with van der Waals surface area (Å²) in [7, 11) is 0. The maximum atomic E-state index is 13.3. The van der Waals surface area contributed by atoms with E-state index in [-0.39, 0.29) is 5.56 Å². The number of hydrogen-bond donors (Lipinski definition) is 0. The molecule has 5 heteroatoms. The van der Waals surface area contributed by atoms with Crippen LogP contribution in [0.3, 0.4) is 0 Å². The Bertz CT molecular complexity index is 1270. The number of aromatic nitrogens is 2. The first-order valence-corrected chi connectivity index (χ1v) is 10.4. The van der Waals surface area contributed by atoms with Gasteiger partial charge in [0.15, 0.2) is 5.16 Å². The molecular weight excluding hydrogens is 378 g/mol. The summed E-state index contributed by atoms with van der Waals surface area (Å²) < 4.78 is 1.68. The van der Waals surface area contributed by atoms with Crippen LogP contribution in [0.5, 0.6) is 0 Å². The quantitative estimate of drug-likeness (QED) is 0.347. The van der Waals surface area contributed by atoms with Crippen LogP contribution in [0.4, 0.5) is 0 Å². The molecule has 142 valence electrons. The van der Waals surface area contributed by atoms with E-state index in [9.17, 15) is 4.79 Å². The van der Waals surface area contributed by atoms with E-state index in [1.165, 1.54) is 17.3 Å². The molecule has 0 saturated heterocycles. The topological polar surface area (TPSA) is 58.7 Å². The number of nitriles is 1. The van der Waals surface area contributed by atoms with Crippen LogP contribution in [0, 0.1) is 11.3 Å². The van der Waals surface area contributed by atoms with Crippen LogP contribution < -0.4 is 5.56 Å². The molecule has 0 N–H and O–H groups in total. The number of thioether (sulfide) groups is 1. The second-order valence-corrected chi connectivity index (χ2v) is 7.62. The summed E-state index contributed by atoms with van der Waals surface area (Å²) in [5, 5.41) is 10.4. The number of rotatable bonds is 5. The number of nitrogens with zero attached hydrogens (tertiary/aromatic N) is 3. The maximum Gasteiger partial charge on any atom is 0.266 e. The van der Waals surface area contributed by atoms with Gasteiger partial charge in [-0.15, -0.1) is 0 Å². The SMILES string of the molecule is CCc1ccc(-n2c(SCc3cccc(C#N)c3)nc3ccccc3c2=O)cc1. The summed E-state index contributed by atoms with van der Waals surface area (Å²) in [6.45, 7) is 2.11. The van der Waals surface area contributed by atoms with Gasteiger partial charge in [0.2, 0.25) is 0 Å². The monoisotopic (exact) mass is 397 g/mol. The summed E-state index contributed by atoms with van der Waals surface area (Å²) >= 11 is 1.50. The first-order valence-electron chi connectivity index (χ1n) is 9.42. The molecular formula is C24H19N3OS. The molecule has 0 unspecified atom stereocenters. The van der Waals surface area contributed by atoms with Gasteiger partial charge >= 0.3 is 0 Å². The fraction of sp³-hybridized carbons (Fsp3) is 0.125. The summed E-state index contributed by atoms with van der Waals surface area (Å²) in [5.74, 6) is 0.618. The molecule has 0 bridgehead atoms. The average molecular weight is 398 g/mol. The zero-order valence-electron chi connectivity index (χ0n) is 16.0. The van der Waals surface area contributed by atoms with Crippen LogP contribution in [0.2, 0.25) is 0 Å². The Hall–Kier alpha value is -3.36. The molecule has 0 radical (unpaired) electrons. The lowest BCUT2D eigenvalue weighted by Crippen LogP contribution is -2.21. The van der Waals surface area contributed by atoms with E-state index >= 15 is 0 Å². The lowest BCUT2D eigenvalue weighted by molar-refractivity contribution is 0.819. The minimum Gasteiger partial charge on any atom is -0.268 e. The highest BCUT2D eigenvalue weighted by Gasteiger charge is 2.13. The minimum absolute atomic E-state index is 0.0758. The highest BCUT2D eigenvalue weighted by Crippen LogP contribution is 2.25. The van der Waals surface area contributed by atoms with E-state index in [1.807, 2.05) is 66.7 Å². The number of para-hydroxylation sites is 1. The molecule has 0 spiro atoms. The van der Waals surface area contributed by atoms with Gasteiger partial charge in [0, 0.05) is 5.75 Å². The summed E-state index contributed by atoms with van der Waals surface area (Å²) in [6.07, 6.45) is 0.946. The molecule has 0 atom stereocenters. The largest absolute Gasteiger partial charge is 0.268 e. The highest BCUT2D eigenvalue weighted by atomic mass is 32.2. The van der Waals surface area contributed by atoms with E-state index in [4.69, 9.17) is 10.2 Å². The smallest absolute Gasteiger partial charge is 0.266 e. The van der Waals surface area contributed by atoms with E-state index in [0.717, 1.165) is 17.7 Å². The Balaban J connectivity index is 1.80. The number of fused-ring (bicyclic) bond motifs is 1. The van der Waals surface area contributed by atoms with Crippen molar-refractivity contribution in [2.45, 2.75) is 24.3 Å². The first-order chi connectivity index (χ1) is 14.2. The van der Waals surface area contributed by atoms with Crippen molar-refractivity contribution in [3.8, 4) is 11.8 Å². The van der Waals surface area contributed by atoms with Crippen molar-refractivity contribution in [2.24, 2.45) is 0 Å². The normalized spacial score (nSPS) is 10.8. The number of aryl methyl sites for hydroxylation is 1. The molecule has 4 nitrogen and oxygen atoms in total. The van der Waals surface area contributed by atoms with Gasteiger partial charge < -0.3 is 0 Å². The third kappa shape index (κ3) is 3.94. The first kappa shape index (κ1) is 19.0. The molecule has 0 amide bonds. The molecule has 0 aliphatic rings. The molecule has 1 aromatic heterocycles. The molecule has 0 saturated carbocycles. The molecule has 0 aliphatic heterocycles. The van der Waals surface area contributed by atoms with E-state index in [2.05, 4.69) is 13.0 Å². The molecule has 0 fully saturated rings. The zero-order valence-corrected chi connectivity index (χ0v) is 16.8. The van der Waals surface area contributed by atoms with Gasteiger partial charge in [-0.3, -0.25) is 9.36 Å². The van der Waals surface area contributed by atoms with Crippen LogP contribution >= 0.6 is 11.8 Å². The van der Waals surface area contributed by atoms with Crippen LogP contribution in [-0.2, 0) is 12.2 Å². The maximum absolute atomic E-state index is 13.3. The fourth-order valence-electron chi connectivity index (χ4n) is 3.20. The van der Waals surface area contributed by atoms with E-state index in [1.54, 1.807) is 10.6 Å². The van der Waals surface area contributed by atoms with Crippen molar-refractivity contribution in [1.29, 1.82) is 5.26 Å². The highest BCUT2D eigenvalue weighted by molar-refractivity contribution is 7.98. The molecule has 0 aliphatic carbocycles. The second-order valence-electron chi connectivity index (χ2n) is 6.67. The van der Waals surface area contributed by atoms with Crippen molar-refractivity contribution >= 4 is 22.7 Å². The molecule has 29 heavy (non-hydrogen) atoms. The molecule has 4 rings (SSSR count). The number of hydrogen-bond acceptors (Lipinski definition) is 4. The van der Waals surface area contributed by atoms with Gasteiger partial charge in [0.25, 0.3) is 5.56 Å². The van der Waals surface area contributed by atoms with Gasteiger partial charge in [-0.05, 0) is 53.9 Å². The number of benzene rings is 3. The van der Waals surface area contributed by atoms with Crippen LogP contribution in [0.15, 0.2) is 82.7 Å². The van der Waals surface area contributed by atoms with Crippen molar-refractivity contribution in [2.75, 3.05) is 0 Å². The Morgan fingerprint density at radius 2 is 1.79 bits per heavy atom. The van der Waals surface area contributed by atoms with Crippen molar-refractivity contribution in [1.82, 2.24) is 9.55 Å². The summed E-state index contributed by atoms with van der Waals surface area (Å²) in [4.78, 5) is 18.1. The Kier molecular flexibility index (Phi) is 5.46. The lowest BCUT2D eigenvalue weighted by atomic mass is 10.1. The fourth-order valence-corrected chi connectivity index (χ4v) is 4.15. The average Bonchev–Trinajstić information content (AvgIpc) is 2.78. The minimum atomic E-state index is -0.0758. The van der Waals surface area contributed by atoms with Gasteiger partial charge in [-0.1, -0.05) is 55.1 Å². The third-order valence-electron chi connectivity index (χ3n) is 4.77. The second kappa shape index (κ2) is 8.34. The van der Waals surface area contributed by atoms with E-state index in [0.29, 0.717) is 27.4 Å². The molecule has 3 aromatic carbocycles. The predicted molar refractivity (Wildman–Crippen MR) is 117 cm³/mol. The Labute approximate surface area is 173 Å². The van der Waals surface area contributed by atoms with Gasteiger partial charge in [0.1, 0.15) is 0 Å². The van der Waals surface area contributed by atoms with Gasteiger partial charge in [-0.25, -0.2) is 4.98 Å². The Morgan fingerprint density at radius 3 is 2.55 bits per heavy atom. The van der Waals surface area contributed by atoms with Gasteiger partial charge in [0.05, 0.1) is 28.2 Å². The van der Waals surface area contributed by atoms with Crippen molar-refractivity contribution < 1.29 is 0 Å². The Morgan fingerprint density at radius 1 is 1.00 bits per heavy atom. The lowest BCUT2D eigenvalue weighted by Gasteiger charge is -2.14. The summed E-state index contributed by atoms with van der Waals surface area (Å²) in [6, 6.07) is 25.1. The van der Waals surface area contributed by atoms with Crippen LogP contribution in [0.1, 0.15) is 23.6 Å². The molecule has 1 heterocycles. The van der Waals surface area contributed by atoms with Crippen LogP contribution in [0.25, 0.3) is 16.6 Å². The molecule has 4 aromatic rings. The summed E-state index contributed by atoms with van der Waals surface area (Å²) in [5.41, 5.74) is 4.28. The standard InChI is InChI=1S/C24H19N3OS/c1-2-17-10-12-20(13-11-17)27-23(28)21-8-3-4-9-22(21)26-24(27)29-16-19-7-5-6-18(14-19)15-25/h3-14H,2,16H2,1H3. The zero-order chi connectivity index (χ0) is 20.2. The van der Waals surface area contributed by atoms with Gasteiger partial charge in [-0.2, -0.15) is 5.26 Å². The van der Waals surface area contributed by atoms with Crippen molar-refractivity contribution in [3.63, 3.8) is 0 Å². The third-order valence-corrected chi connectivity index (χ3v) is 5.78. The van der Waals surface area contributed by atoms with Crippen molar-refractivity contribution in [3.05, 3.63) is 99.8 Å². The van der Waals surface area contributed by atoms with Crippen LogP contribution in [-0.4, -0.2) is 9.55 Å². The van der Waals surface area contributed by atoms with E-state index < -0.39 is 0 Å². The predicted octanol–water partition coefficient (Wildman–Crippen LogP) is 5.11.